The number of nitrogens with zero attached hydrogens (tertiary/aromatic N) is 3. The number of morpholine rings is 1. The van der Waals surface area contributed by atoms with Crippen LogP contribution in [0.1, 0.15) is 24.2 Å². The molecule has 4 heterocycles. The fourth-order valence-electron chi connectivity index (χ4n) is 4.51. The molecule has 0 spiro atoms. The number of imidazole rings is 1. The van der Waals surface area contributed by atoms with Crippen molar-refractivity contribution >= 4 is 17.7 Å². The molecule has 9 heteroatoms. The number of amides is 1. The number of nitrogens with one attached hydrogen (secondary N) is 4. The number of piperidine rings is 1. The van der Waals surface area contributed by atoms with Crippen LogP contribution in [0.3, 0.4) is 0 Å². The van der Waals surface area contributed by atoms with Crippen molar-refractivity contribution in [1.29, 1.82) is 0 Å². The molecule has 0 aromatic carbocycles. The van der Waals surface area contributed by atoms with Gasteiger partial charge in [0.2, 0.25) is 5.91 Å². The zero-order chi connectivity index (χ0) is 20.3. The lowest BCUT2D eigenvalue weighted by Crippen LogP contribution is -2.39. The van der Waals surface area contributed by atoms with E-state index in [9.17, 15) is 4.79 Å². The lowest BCUT2D eigenvalue weighted by Gasteiger charge is -2.30. The van der Waals surface area contributed by atoms with E-state index in [0.717, 1.165) is 88.1 Å². The van der Waals surface area contributed by atoms with Crippen molar-refractivity contribution < 1.29 is 9.53 Å². The van der Waals surface area contributed by atoms with E-state index in [-0.39, 0.29) is 11.8 Å². The number of H-pyrrole nitrogens is 2. The van der Waals surface area contributed by atoms with Crippen LogP contribution in [-0.2, 0) is 16.0 Å². The van der Waals surface area contributed by atoms with Gasteiger partial charge in [-0.2, -0.15) is 5.10 Å². The summed E-state index contributed by atoms with van der Waals surface area (Å²) in [5.74, 6) is 1.28. The molecule has 1 aliphatic carbocycles. The van der Waals surface area contributed by atoms with Crippen LogP contribution in [0.2, 0.25) is 0 Å². The molecule has 0 bridgehead atoms. The van der Waals surface area contributed by atoms with E-state index >= 15 is 0 Å². The quantitative estimate of drug-likeness (QED) is 0.589. The number of hydrogen-bond acceptors (Lipinski definition) is 6. The molecular weight excluding hydrogens is 382 g/mol. The second kappa shape index (κ2) is 8.71. The highest BCUT2D eigenvalue weighted by atomic mass is 16.5. The maximum Gasteiger partial charge on any atom is 0.227 e. The average molecular weight is 412 g/mol. The summed E-state index contributed by atoms with van der Waals surface area (Å²) in [5.41, 5.74) is 3.51. The molecule has 2 fully saturated rings. The molecule has 5 rings (SSSR count). The van der Waals surface area contributed by atoms with Gasteiger partial charge in [-0.1, -0.05) is 6.08 Å². The summed E-state index contributed by atoms with van der Waals surface area (Å²) in [6.45, 7) is 6.45. The van der Waals surface area contributed by atoms with E-state index in [1.165, 1.54) is 0 Å². The molecule has 9 nitrogen and oxygen atoms in total. The molecular formula is C21H29N7O2. The first-order valence-electron chi connectivity index (χ1n) is 10.9. The van der Waals surface area contributed by atoms with Crippen LogP contribution in [0.25, 0.3) is 17.6 Å². The summed E-state index contributed by atoms with van der Waals surface area (Å²) in [4.78, 5) is 23.3. The van der Waals surface area contributed by atoms with Crippen molar-refractivity contribution in [1.82, 2.24) is 30.4 Å². The molecule has 1 unspecified atom stereocenters. The third kappa shape index (κ3) is 4.19. The molecule has 2 aromatic rings. The standard InChI is InChI=1S/C21H29N7O2/c29-21(15-3-5-22-6-4-15)26-18-12-23-27-19(18)20-24-16-2-1-14(11-17(16)25-20)13-28-7-9-30-10-8-28/h1-2,12,14-15,22H,3-11,13H2,(H,23,27)(H,24,25)(H,26,29). The summed E-state index contributed by atoms with van der Waals surface area (Å²) in [6, 6.07) is 0. The predicted octanol–water partition coefficient (Wildman–Crippen LogP) is 1.26. The molecule has 3 aliphatic rings. The Labute approximate surface area is 175 Å². The smallest absolute Gasteiger partial charge is 0.227 e. The number of carbonyl (C=O) groups is 1. The first kappa shape index (κ1) is 19.5. The predicted molar refractivity (Wildman–Crippen MR) is 114 cm³/mol. The molecule has 2 aliphatic heterocycles. The molecule has 160 valence electrons. The van der Waals surface area contributed by atoms with Crippen molar-refractivity contribution in [3.8, 4) is 11.5 Å². The summed E-state index contributed by atoms with van der Waals surface area (Å²) < 4.78 is 5.45. The van der Waals surface area contributed by atoms with Gasteiger partial charge in [0.25, 0.3) is 0 Å². The lowest BCUT2D eigenvalue weighted by atomic mass is 9.96. The average Bonchev–Trinajstić information content (AvgIpc) is 3.41. The highest BCUT2D eigenvalue weighted by molar-refractivity contribution is 5.95. The minimum atomic E-state index is 0.0442. The largest absolute Gasteiger partial charge is 0.379 e. The van der Waals surface area contributed by atoms with Gasteiger partial charge in [-0.25, -0.2) is 4.98 Å². The Balaban J connectivity index is 1.27. The Morgan fingerprint density at radius 2 is 2.10 bits per heavy atom. The Morgan fingerprint density at radius 3 is 2.93 bits per heavy atom. The lowest BCUT2D eigenvalue weighted by molar-refractivity contribution is -0.120. The first-order valence-corrected chi connectivity index (χ1v) is 10.9. The number of fused-ring (bicyclic) bond motifs is 1. The Hall–Kier alpha value is -2.49. The molecule has 0 radical (unpaired) electrons. The van der Waals surface area contributed by atoms with Crippen LogP contribution in [0.5, 0.6) is 0 Å². The van der Waals surface area contributed by atoms with Gasteiger partial charge in [-0.15, -0.1) is 0 Å². The Morgan fingerprint density at radius 1 is 1.27 bits per heavy atom. The number of ether oxygens (including phenoxy) is 1. The Bertz CT molecular complexity index is 906. The second-order valence-corrected chi connectivity index (χ2v) is 8.36. The van der Waals surface area contributed by atoms with E-state index < -0.39 is 0 Å². The molecule has 1 amide bonds. The fraction of sp³-hybridized carbons (Fsp3) is 0.571. The molecule has 2 saturated heterocycles. The van der Waals surface area contributed by atoms with Crippen LogP contribution in [-0.4, -0.2) is 76.9 Å². The number of carbonyl (C=O) groups excluding carboxylic acids is 1. The first-order chi connectivity index (χ1) is 14.8. The number of aromatic amines is 2. The number of anilines is 1. The van der Waals surface area contributed by atoms with E-state index in [1.54, 1.807) is 6.20 Å². The van der Waals surface area contributed by atoms with E-state index in [4.69, 9.17) is 9.72 Å². The molecule has 2 aromatic heterocycles. The van der Waals surface area contributed by atoms with E-state index in [2.05, 4.69) is 42.9 Å². The zero-order valence-electron chi connectivity index (χ0n) is 17.1. The van der Waals surface area contributed by atoms with Crippen molar-refractivity contribution in [2.24, 2.45) is 11.8 Å². The van der Waals surface area contributed by atoms with Crippen LogP contribution in [0.15, 0.2) is 12.3 Å². The van der Waals surface area contributed by atoms with Crippen LogP contribution >= 0.6 is 0 Å². The normalized spacial score (nSPS) is 22.7. The van der Waals surface area contributed by atoms with Gasteiger partial charge in [0.15, 0.2) is 5.82 Å². The third-order valence-electron chi connectivity index (χ3n) is 6.24. The van der Waals surface area contributed by atoms with Gasteiger partial charge in [0.05, 0.1) is 30.8 Å². The molecule has 0 saturated carbocycles. The zero-order valence-corrected chi connectivity index (χ0v) is 17.1. The maximum atomic E-state index is 12.6. The van der Waals surface area contributed by atoms with Crippen molar-refractivity contribution in [2.75, 3.05) is 51.3 Å². The molecule has 1 atom stereocenters. The summed E-state index contributed by atoms with van der Waals surface area (Å²) >= 11 is 0. The van der Waals surface area contributed by atoms with Gasteiger partial charge in [-0.05, 0) is 44.3 Å². The summed E-state index contributed by atoms with van der Waals surface area (Å²) in [5, 5.41) is 13.5. The third-order valence-corrected chi connectivity index (χ3v) is 6.24. The topological polar surface area (TPSA) is 111 Å². The second-order valence-electron chi connectivity index (χ2n) is 8.36. The summed E-state index contributed by atoms with van der Waals surface area (Å²) in [6.07, 6.45) is 8.68. The van der Waals surface area contributed by atoms with Gasteiger partial charge in [0, 0.05) is 31.2 Å². The van der Waals surface area contributed by atoms with Crippen LogP contribution in [0, 0.1) is 11.8 Å². The SMILES string of the molecule is O=C(Nc1cn[nH]c1-c1nc2c([nH]1)CC(CN1CCOCC1)C=C2)C1CCNCC1. The van der Waals surface area contributed by atoms with E-state index in [1.807, 2.05) is 0 Å². The Kier molecular flexibility index (Phi) is 5.65. The number of aromatic nitrogens is 4. The number of hydrogen-bond donors (Lipinski definition) is 4. The highest BCUT2D eigenvalue weighted by Gasteiger charge is 2.25. The minimum Gasteiger partial charge on any atom is -0.379 e. The minimum absolute atomic E-state index is 0.0442. The van der Waals surface area contributed by atoms with Crippen molar-refractivity contribution in [2.45, 2.75) is 19.3 Å². The number of rotatable bonds is 5. The highest BCUT2D eigenvalue weighted by Crippen LogP contribution is 2.29. The van der Waals surface area contributed by atoms with Crippen molar-refractivity contribution in [3.05, 3.63) is 23.7 Å². The van der Waals surface area contributed by atoms with Crippen LogP contribution < -0.4 is 10.6 Å². The van der Waals surface area contributed by atoms with Gasteiger partial charge >= 0.3 is 0 Å². The molecule has 30 heavy (non-hydrogen) atoms. The van der Waals surface area contributed by atoms with E-state index in [0.29, 0.717) is 11.6 Å². The van der Waals surface area contributed by atoms with Crippen molar-refractivity contribution in [3.63, 3.8) is 0 Å². The monoisotopic (exact) mass is 411 g/mol. The maximum absolute atomic E-state index is 12.6. The van der Waals surface area contributed by atoms with Gasteiger partial charge < -0.3 is 20.4 Å². The fourth-order valence-corrected chi connectivity index (χ4v) is 4.51. The molecule has 4 N–H and O–H groups in total. The van der Waals surface area contributed by atoms with Gasteiger partial charge in [-0.3, -0.25) is 14.8 Å². The summed E-state index contributed by atoms with van der Waals surface area (Å²) in [7, 11) is 0. The van der Waals surface area contributed by atoms with Crippen LogP contribution in [0.4, 0.5) is 5.69 Å². The van der Waals surface area contributed by atoms with Gasteiger partial charge in [0.1, 0.15) is 5.69 Å².